The van der Waals surface area contributed by atoms with E-state index in [0.29, 0.717) is 18.7 Å². The summed E-state index contributed by atoms with van der Waals surface area (Å²) in [5, 5.41) is 2.62. The maximum absolute atomic E-state index is 13.4. The summed E-state index contributed by atoms with van der Waals surface area (Å²) < 4.78 is 17.9. The summed E-state index contributed by atoms with van der Waals surface area (Å²) in [6, 6.07) is 3.79. The van der Waals surface area contributed by atoms with Gasteiger partial charge in [0.05, 0.1) is 12.7 Å². The minimum Gasteiger partial charge on any atom is -0.465 e. The Hall–Kier alpha value is -1.95. The third-order valence-corrected chi connectivity index (χ3v) is 2.76. The summed E-state index contributed by atoms with van der Waals surface area (Å²) in [6.45, 7) is 0.613. The molecule has 3 N–H and O–H groups in total. The normalized spacial score (nSPS) is 10.2. The van der Waals surface area contributed by atoms with E-state index in [4.69, 9.17) is 5.73 Å². The number of anilines is 1. The van der Waals surface area contributed by atoms with Gasteiger partial charge >= 0.3 is 5.97 Å². The largest absolute Gasteiger partial charge is 0.465 e. The van der Waals surface area contributed by atoms with E-state index in [9.17, 15) is 14.0 Å². The third-order valence-electron chi connectivity index (χ3n) is 2.76. The highest BCUT2D eigenvalue weighted by Gasteiger charge is 2.13. The smallest absolute Gasteiger partial charge is 0.340 e. The molecule has 0 heterocycles. The number of amides is 1. The molecule has 0 aliphatic rings. The first-order chi connectivity index (χ1) is 9.58. The summed E-state index contributed by atoms with van der Waals surface area (Å²) in [4.78, 5) is 23.0. The topological polar surface area (TPSA) is 81.4 Å². The molecule has 0 unspecified atom stereocenters. The molecule has 1 aromatic rings. The number of methoxy groups -OCH3 is 1. The molecule has 1 aromatic carbocycles. The Bertz CT molecular complexity index is 477. The number of hydrogen-bond donors (Lipinski definition) is 2. The number of carbonyl (C=O) groups is 2. The lowest BCUT2D eigenvalue weighted by atomic mass is 10.1. The molecule has 6 heteroatoms. The minimum absolute atomic E-state index is 0.176. The van der Waals surface area contributed by atoms with Gasteiger partial charge in [-0.15, -0.1) is 0 Å². The molecule has 110 valence electrons. The molecule has 5 nitrogen and oxygen atoms in total. The maximum Gasteiger partial charge on any atom is 0.340 e. The van der Waals surface area contributed by atoms with E-state index in [-0.39, 0.29) is 11.5 Å². The molecule has 0 spiro atoms. The molecule has 0 aromatic heterocycles. The molecule has 1 amide bonds. The van der Waals surface area contributed by atoms with Crippen LogP contribution in [0, 0.1) is 5.82 Å². The lowest BCUT2D eigenvalue weighted by Gasteiger charge is -2.07. The number of benzene rings is 1. The van der Waals surface area contributed by atoms with Crippen molar-refractivity contribution in [2.45, 2.75) is 25.7 Å². The zero-order chi connectivity index (χ0) is 15.0. The molecule has 0 aliphatic heterocycles. The highest BCUT2D eigenvalue weighted by molar-refractivity contribution is 5.94. The van der Waals surface area contributed by atoms with Gasteiger partial charge in [-0.05, 0) is 37.6 Å². The number of rotatable bonds is 7. The number of unbranched alkanes of at least 4 members (excludes halogenated alkanes) is 2. The summed E-state index contributed by atoms with van der Waals surface area (Å²) in [5.41, 5.74) is 5.53. The third kappa shape index (κ3) is 4.97. The summed E-state index contributed by atoms with van der Waals surface area (Å²) in [6.07, 6.45) is 2.89. The van der Waals surface area contributed by atoms with Crippen molar-refractivity contribution in [1.29, 1.82) is 0 Å². The predicted molar refractivity (Wildman–Crippen MR) is 73.9 cm³/mol. The lowest BCUT2D eigenvalue weighted by molar-refractivity contribution is -0.116. The quantitative estimate of drug-likeness (QED) is 0.592. The second-order valence-corrected chi connectivity index (χ2v) is 4.33. The Labute approximate surface area is 117 Å². The van der Waals surface area contributed by atoms with E-state index >= 15 is 0 Å². The number of halogens is 1. The highest BCUT2D eigenvalue weighted by Crippen LogP contribution is 2.16. The molecular formula is C14H19FN2O3. The van der Waals surface area contributed by atoms with Crippen LogP contribution >= 0.6 is 0 Å². The van der Waals surface area contributed by atoms with Crippen molar-refractivity contribution >= 4 is 17.6 Å². The van der Waals surface area contributed by atoms with Crippen LogP contribution in [-0.4, -0.2) is 25.5 Å². The molecule has 0 aliphatic carbocycles. The predicted octanol–water partition coefficient (Wildman–Crippen LogP) is 2.07. The number of esters is 1. The summed E-state index contributed by atoms with van der Waals surface area (Å²) >= 11 is 0. The van der Waals surface area contributed by atoms with Gasteiger partial charge in [0.15, 0.2) is 0 Å². The van der Waals surface area contributed by atoms with Crippen LogP contribution in [-0.2, 0) is 9.53 Å². The van der Waals surface area contributed by atoms with Crippen molar-refractivity contribution in [2.75, 3.05) is 19.0 Å². The minimum atomic E-state index is -0.776. The fourth-order valence-electron chi connectivity index (χ4n) is 1.70. The van der Waals surface area contributed by atoms with Gasteiger partial charge in [0.1, 0.15) is 5.82 Å². The first-order valence-corrected chi connectivity index (χ1v) is 6.46. The van der Waals surface area contributed by atoms with Crippen molar-refractivity contribution in [3.8, 4) is 0 Å². The first kappa shape index (κ1) is 16.1. The molecule has 0 atom stereocenters. The van der Waals surface area contributed by atoms with Crippen LogP contribution in [0.5, 0.6) is 0 Å². The zero-order valence-electron chi connectivity index (χ0n) is 11.4. The van der Waals surface area contributed by atoms with Crippen molar-refractivity contribution in [1.82, 2.24) is 0 Å². The zero-order valence-corrected chi connectivity index (χ0v) is 11.4. The fourth-order valence-corrected chi connectivity index (χ4v) is 1.70. The molecule has 20 heavy (non-hydrogen) atoms. The van der Waals surface area contributed by atoms with Gasteiger partial charge in [-0.3, -0.25) is 4.79 Å². The van der Waals surface area contributed by atoms with Crippen LogP contribution in [0.15, 0.2) is 18.2 Å². The van der Waals surface area contributed by atoms with Crippen LogP contribution in [0.25, 0.3) is 0 Å². The Morgan fingerprint density at radius 3 is 2.70 bits per heavy atom. The van der Waals surface area contributed by atoms with E-state index < -0.39 is 11.8 Å². The molecule has 0 saturated heterocycles. The summed E-state index contributed by atoms with van der Waals surface area (Å²) in [5.74, 6) is -1.64. The van der Waals surface area contributed by atoms with Crippen molar-refractivity contribution in [3.05, 3.63) is 29.6 Å². The standard InChI is InChI=1S/C14H19FN2O3/c1-20-14(19)11-9-10(6-7-12(11)15)17-13(18)5-3-2-4-8-16/h6-7,9H,2-5,8,16H2,1H3,(H,17,18). The van der Waals surface area contributed by atoms with Crippen molar-refractivity contribution in [2.24, 2.45) is 5.73 Å². The van der Waals surface area contributed by atoms with Gasteiger partial charge in [0, 0.05) is 12.1 Å². The van der Waals surface area contributed by atoms with Crippen LogP contribution in [0.2, 0.25) is 0 Å². The Morgan fingerprint density at radius 2 is 2.05 bits per heavy atom. The van der Waals surface area contributed by atoms with E-state index in [1.165, 1.54) is 19.2 Å². The van der Waals surface area contributed by atoms with E-state index in [1.54, 1.807) is 0 Å². The molecule has 0 radical (unpaired) electrons. The average Bonchev–Trinajstić information content (AvgIpc) is 2.45. The van der Waals surface area contributed by atoms with Gasteiger partial charge in [-0.2, -0.15) is 0 Å². The highest BCUT2D eigenvalue weighted by atomic mass is 19.1. The molecule has 0 saturated carbocycles. The fraction of sp³-hybridized carbons (Fsp3) is 0.429. The Balaban J connectivity index is 2.59. The van der Waals surface area contributed by atoms with Gasteiger partial charge in [-0.1, -0.05) is 6.42 Å². The molecule has 0 bridgehead atoms. The number of ether oxygens (including phenoxy) is 1. The van der Waals surface area contributed by atoms with Crippen molar-refractivity contribution < 1.29 is 18.7 Å². The van der Waals surface area contributed by atoms with Gasteiger partial charge < -0.3 is 15.8 Å². The van der Waals surface area contributed by atoms with Gasteiger partial charge in [-0.25, -0.2) is 9.18 Å². The van der Waals surface area contributed by atoms with E-state index in [0.717, 1.165) is 25.3 Å². The van der Waals surface area contributed by atoms with E-state index in [2.05, 4.69) is 10.1 Å². The number of carbonyl (C=O) groups excluding carboxylic acids is 2. The number of nitrogens with two attached hydrogens (primary N) is 1. The SMILES string of the molecule is COC(=O)c1cc(NC(=O)CCCCCN)ccc1F. The summed E-state index contributed by atoms with van der Waals surface area (Å²) in [7, 11) is 1.17. The van der Waals surface area contributed by atoms with Crippen LogP contribution in [0.1, 0.15) is 36.0 Å². The molecule has 0 fully saturated rings. The molecule has 1 rings (SSSR count). The number of nitrogens with one attached hydrogen (secondary N) is 1. The van der Waals surface area contributed by atoms with Crippen molar-refractivity contribution in [3.63, 3.8) is 0 Å². The molecular weight excluding hydrogens is 263 g/mol. The second-order valence-electron chi connectivity index (χ2n) is 4.33. The maximum atomic E-state index is 13.4. The van der Waals surface area contributed by atoms with Crippen LogP contribution in [0.4, 0.5) is 10.1 Å². The van der Waals surface area contributed by atoms with Gasteiger partial charge in [0.25, 0.3) is 0 Å². The first-order valence-electron chi connectivity index (χ1n) is 6.46. The van der Waals surface area contributed by atoms with Crippen LogP contribution < -0.4 is 11.1 Å². The number of hydrogen-bond acceptors (Lipinski definition) is 4. The van der Waals surface area contributed by atoms with Gasteiger partial charge in [0.2, 0.25) is 5.91 Å². The second kappa shape index (κ2) is 8.27. The average molecular weight is 282 g/mol. The lowest BCUT2D eigenvalue weighted by Crippen LogP contribution is -2.13. The van der Waals surface area contributed by atoms with E-state index in [1.807, 2.05) is 0 Å². The Morgan fingerprint density at radius 1 is 1.30 bits per heavy atom. The monoisotopic (exact) mass is 282 g/mol. The van der Waals surface area contributed by atoms with Crippen LogP contribution in [0.3, 0.4) is 0 Å². The Kier molecular flexibility index (Phi) is 6.66.